The van der Waals surface area contributed by atoms with E-state index < -0.39 is 26.8 Å². The van der Waals surface area contributed by atoms with Crippen molar-refractivity contribution in [2.75, 3.05) is 18.4 Å². The zero-order valence-electron chi connectivity index (χ0n) is 14.8. The summed E-state index contributed by atoms with van der Waals surface area (Å²) < 4.78 is 40.0. The van der Waals surface area contributed by atoms with Crippen LogP contribution in [-0.2, 0) is 10.0 Å². The third-order valence-corrected chi connectivity index (χ3v) is 6.48. The maximum absolute atomic E-state index is 13.4. The Hall–Kier alpha value is -2.52. The summed E-state index contributed by atoms with van der Waals surface area (Å²) in [5.74, 6) is -0.400. The largest absolute Gasteiger partial charge is 0.373 e. The Morgan fingerprint density at radius 2 is 1.89 bits per heavy atom. The molecule has 1 N–H and O–H groups in total. The third kappa shape index (κ3) is 4.09. The number of sulfonamides is 1. The Labute approximate surface area is 157 Å². The van der Waals surface area contributed by atoms with E-state index in [1.54, 1.807) is 19.1 Å². The van der Waals surface area contributed by atoms with Crippen LogP contribution in [0.5, 0.6) is 0 Å². The minimum Gasteiger partial charge on any atom is -0.373 e. The van der Waals surface area contributed by atoms with Gasteiger partial charge in [0.15, 0.2) is 0 Å². The number of benzene rings is 2. The minimum absolute atomic E-state index is 0.0972. The maximum atomic E-state index is 13.4. The molecule has 1 aliphatic heterocycles. The number of nitro groups is 1. The second-order valence-electron chi connectivity index (χ2n) is 6.47. The fourth-order valence-electron chi connectivity index (χ4n) is 3.12. The van der Waals surface area contributed by atoms with Crippen LogP contribution < -0.4 is 5.32 Å². The minimum atomic E-state index is -3.75. The fourth-order valence-corrected chi connectivity index (χ4v) is 4.65. The highest BCUT2D eigenvalue weighted by molar-refractivity contribution is 7.89. The lowest BCUT2D eigenvalue weighted by atomic mass is 10.1. The normalized spacial score (nSPS) is 16.2. The first-order chi connectivity index (χ1) is 12.8. The highest BCUT2D eigenvalue weighted by atomic mass is 32.2. The van der Waals surface area contributed by atoms with Crippen molar-refractivity contribution in [2.24, 2.45) is 0 Å². The quantitative estimate of drug-likeness (QED) is 0.597. The third-order valence-electron chi connectivity index (χ3n) is 4.59. The monoisotopic (exact) mass is 393 g/mol. The van der Waals surface area contributed by atoms with E-state index in [2.05, 4.69) is 5.32 Å². The Bertz CT molecular complexity index is 959. The van der Waals surface area contributed by atoms with Gasteiger partial charge in [0.2, 0.25) is 10.0 Å². The molecular formula is C18H20FN3O4S. The van der Waals surface area contributed by atoms with Crippen molar-refractivity contribution < 1.29 is 17.7 Å². The molecule has 1 saturated heterocycles. The highest BCUT2D eigenvalue weighted by Gasteiger charge is 2.29. The molecule has 7 nitrogen and oxygen atoms in total. The average Bonchev–Trinajstić information content (AvgIpc) is 3.17. The molecular weight excluding hydrogens is 373 g/mol. The van der Waals surface area contributed by atoms with E-state index in [1.807, 2.05) is 0 Å². The average molecular weight is 393 g/mol. The van der Waals surface area contributed by atoms with Gasteiger partial charge in [0.05, 0.1) is 9.82 Å². The molecule has 0 bridgehead atoms. The van der Waals surface area contributed by atoms with Crippen LogP contribution in [0.2, 0.25) is 0 Å². The second kappa shape index (κ2) is 7.61. The van der Waals surface area contributed by atoms with E-state index in [4.69, 9.17) is 0 Å². The lowest BCUT2D eigenvalue weighted by Crippen LogP contribution is -2.27. The summed E-state index contributed by atoms with van der Waals surface area (Å²) in [7, 11) is -3.75. The number of hydrogen-bond donors (Lipinski definition) is 1. The predicted molar refractivity (Wildman–Crippen MR) is 99.5 cm³/mol. The molecule has 27 heavy (non-hydrogen) atoms. The van der Waals surface area contributed by atoms with Crippen molar-refractivity contribution in [3.05, 3.63) is 64.0 Å². The second-order valence-corrected chi connectivity index (χ2v) is 8.41. The standard InChI is InChI=1S/C18H20FN3O4S/c1-13(14-5-4-6-15(19)11-14)20-17-8-7-16(12-18(17)22(23)24)27(25,26)21-9-2-3-10-21/h4-8,11-13,20H,2-3,9-10H2,1H3/t13-/m1/s1. The molecule has 9 heteroatoms. The lowest BCUT2D eigenvalue weighted by Gasteiger charge is -2.18. The molecule has 3 rings (SSSR count). The summed E-state index contributed by atoms with van der Waals surface area (Å²) in [4.78, 5) is 10.8. The van der Waals surface area contributed by atoms with E-state index in [1.165, 1.54) is 28.6 Å². The highest BCUT2D eigenvalue weighted by Crippen LogP contribution is 2.32. The van der Waals surface area contributed by atoms with Gasteiger partial charge < -0.3 is 5.32 Å². The van der Waals surface area contributed by atoms with E-state index in [9.17, 15) is 22.9 Å². The molecule has 1 fully saturated rings. The zero-order valence-corrected chi connectivity index (χ0v) is 15.6. The first-order valence-electron chi connectivity index (χ1n) is 8.59. The summed E-state index contributed by atoms with van der Waals surface area (Å²) in [6.07, 6.45) is 1.57. The van der Waals surface area contributed by atoms with Gasteiger partial charge in [-0.05, 0) is 49.6 Å². The van der Waals surface area contributed by atoms with E-state index in [-0.39, 0.29) is 16.3 Å². The molecule has 0 spiro atoms. The summed E-state index contributed by atoms with van der Waals surface area (Å²) in [5.41, 5.74) is 0.466. The van der Waals surface area contributed by atoms with Crippen molar-refractivity contribution in [3.8, 4) is 0 Å². The molecule has 1 atom stereocenters. The van der Waals surface area contributed by atoms with Gasteiger partial charge in [0, 0.05) is 25.2 Å². The van der Waals surface area contributed by atoms with Gasteiger partial charge in [-0.3, -0.25) is 10.1 Å². The van der Waals surface area contributed by atoms with Gasteiger partial charge in [-0.15, -0.1) is 0 Å². The zero-order chi connectivity index (χ0) is 19.6. The number of nitro benzene ring substituents is 1. The lowest BCUT2D eigenvalue weighted by molar-refractivity contribution is -0.384. The van der Waals surface area contributed by atoms with E-state index in [0.29, 0.717) is 18.7 Å². The van der Waals surface area contributed by atoms with Gasteiger partial charge >= 0.3 is 0 Å². The predicted octanol–water partition coefficient (Wildman–Crippen LogP) is 3.69. The summed E-state index contributed by atoms with van der Waals surface area (Å²) in [6, 6.07) is 9.35. The van der Waals surface area contributed by atoms with Crippen LogP contribution in [0.15, 0.2) is 47.4 Å². The number of anilines is 1. The van der Waals surface area contributed by atoms with Crippen LogP contribution in [0, 0.1) is 15.9 Å². The SMILES string of the molecule is C[C@@H](Nc1ccc(S(=O)(=O)N2CCCC2)cc1[N+](=O)[O-])c1cccc(F)c1. The van der Waals surface area contributed by atoms with Gasteiger partial charge in [0.1, 0.15) is 11.5 Å². The van der Waals surface area contributed by atoms with Gasteiger partial charge in [-0.2, -0.15) is 4.31 Å². The van der Waals surface area contributed by atoms with Crippen LogP contribution in [0.3, 0.4) is 0 Å². The molecule has 0 amide bonds. The smallest absolute Gasteiger partial charge is 0.293 e. The number of nitrogens with one attached hydrogen (secondary N) is 1. The molecule has 0 aromatic heterocycles. The number of hydrogen-bond acceptors (Lipinski definition) is 5. The van der Waals surface area contributed by atoms with E-state index >= 15 is 0 Å². The Balaban J connectivity index is 1.91. The molecule has 2 aromatic rings. The van der Waals surface area contributed by atoms with Gasteiger partial charge in [-0.25, -0.2) is 12.8 Å². The van der Waals surface area contributed by atoms with Gasteiger partial charge in [0.25, 0.3) is 5.69 Å². The van der Waals surface area contributed by atoms with Crippen LogP contribution in [-0.4, -0.2) is 30.7 Å². The molecule has 0 saturated carbocycles. The first-order valence-corrected chi connectivity index (χ1v) is 10.0. The van der Waals surface area contributed by atoms with E-state index in [0.717, 1.165) is 18.9 Å². The number of rotatable bonds is 6. The number of nitrogens with zero attached hydrogens (tertiary/aromatic N) is 2. The number of halogens is 1. The summed E-state index contributed by atoms with van der Waals surface area (Å²) in [6.45, 7) is 2.59. The molecule has 0 aliphatic carbocycles. The van der Waals surface area contributed by atoms with Crippen LogP contribution in [0.25, 0.3) is 0 Å². The Morgan fingerprint density at radius 3 is 2.52 bits per heavy atom. The fraction of sp³-hybridized carbons (Fsp3) is 0.333. The van der Waals surface area contributed by atoms with Crippen LogP contribution in [0.1, 0.15) is 31.4 Å². The molecule has 1 aliphatic rings. The molecule has 2 aromatic carbocycles. The topological polar surface area (TPSA) is 92.6 Å². The summed E-state index contributed by atoms with van der Waals surface area (Å²) in [5, 5.41) is 14.5. The molecule has 0 radical (unpaired) electrons. The maximum Gasteiger partial charge on any atom is 0.293 e. The first kappa shape index (κ1) is 19.2. The summed E-state index contributed by atoms with van der Waals surface area (Å²) >= 11 is 0. The van der Waals surface area contributed by atoms with Gasteiger partial charge in [-0.1, -0.05) is 12.1 Å². The van der Waals surface area contributed by atoms with Crippen molar-refractivity contribution >= 4 is 21.4 Å². The molecule has 1 heterocycles. The van der Waals surface area contributed by atoms with Crippen molar-refractivity contribution in [3.63, 3.8) is 0 Å². The molecule has 0 unspecified atom stereocenters. The Kier molecular flexibility index (Phi) is 5.43. The Morgan fingerprint density at radius 1 is 1.19 bits per heavy atom. The van der Waals surface area contributed by atoms with Crippen molar-refractivity contribution in [1.82, 2.24) is 4.31 Å². The van der Waals surface area contributed by atoms with Crippen LogP contribution >= 0.6 is 0 Å². The van der Waals surface area contributed by atoms with Crippen molar-refractivity contribution in [1.29, 1.82) is 0 Å². The van der Waals surface area contributed by atoms with Crippen LogP contribution in [0.4, 0.5) is 15.8 Å². The molecule has 144 valence electrons. The van der Waals surface area contributed by atoms with Crippen molar-refractivity contribution in [2.45, 2.75) is 30.7 Å².